The van der Waals surface area contributed by atoms with Crippen LogP contribution in [0, 0.1) is 0 Å². The van der Waals surface area contributed by atoms with Crippen molar-refractivity contribution >= 4 is 29.7 Å². The van der Waals surface area contributed by atoms with Crippen LogP contribution in [0.5, 0.6) is 0 Å². The molecule has 1 amide bonds. The van der Waals surface area contributed by atoms with Crippen LogP contribution in [0.15, 0.2) is 65.3 Å². The molecule has 0 spiro atoms. The Hall–Kier alpha value is -3.13. The molecule has 0 aromatic heterocycles. The second-order valence-electron chi connectivity index (χ2n) is 8.34. The zero-order valence-electron chi connectivity index (χ0n) is 17.6. The Balaban J connectivity index is 1.41. The number of halogens is 4. The molecule has 0 bridgehead atoms. The third-order valence-corrected chi connectivity index (χ3v) is 6.35. The minimum absolute atomic E-state index is 0.0607. The lowest BCUT2D eigenvalue weighted by molar-refractivity contribution is -0.547. The number of carbonyl (C=O) groups is 1. The third-order valence-electron chi connectivity index (χ3n) is 6.12. The lowest BCUT2D eigenvalue weighted by atomic mass is 9.96. The van der Waals surface area contributed by atoms with Gasteiger partial charge in [0.05, 0.1) is 11.1 Å². The summed E-state index contributed by atoms with van der Waals surface area (Å²) in [5, 5.41) is 0.667. The minimum atomic E-state index is -4.40. The number of benzene rings is 2. The van der Waals surface area contributed by atoms with Gasteiger partial charge in [-0.25, -0.2) is 4.58 Å². The Labute approximate surface area is 194 Å². The number of rotatable bonds is 4. The van der Waals surface area contributed by atoms with Crippen LogP contribution in [-0.4, -0.2) is 51.6 Å². The van der Waals surface area contributed by atoms with E-state index in [-0.39, 0.29) is 18.5 Å². The first-order valence-corrected chi connectivity index (χ1v) is 11.0. The molecule has 0 aliphatic carbocycles. The van der Waals surface area contributed by atoms with Crippen molar-refractivity contribution in [3.05, 3.63) is 82.0 Å². The molecule has 1 unspecified atom stereocenters. The van der Waals surface area contributed by atoms with Crippen molar-refractivity contribution in [1.82, 2.24) is 9.80 Å². The average molecular weight is 474 g/mol. The van der Waals surface area contributed by atoms with Crippen molar-refractivity contribution in [1.29, 1.82) is 0 Å². The van der Waals surface area contributed by atoms with Gasteiger partial charge in [0.1, 0.15) is 25.3 Å². The van der Waals surface area contributed by atoms with Gasteiger partial charge in [0, 0.05) is 30.7 Å². The van der Waals surface area contributed by atoms with E-state index in [1.165, 1.54) is 12.1 Å². The number of aliphatic imine (C=N–C) groups is 1. The lowest BCUT2D eigenvalue weighted by Gasteiger charge is -2.35. The van der Waals surface area contributed by atoms with E-state index in [4.69, 9.17) is 11.6 Å². The van der Waals surface area contributed by atoms with Crippen molar-refractivity contribution in [3.8, 4) is 0 Å². The number of amides is 1. The summed E-state index contributed by atoms with van der Waals surface area (Å²) >= 11 is 6.11. The van der Waals surface area contributed by atoms with Crippen molar-refractivity contribution in [2.24, 2.45) is 4.99 Å². The van der Waals surface area contributed by atoms with E-state index in [1.54, 1.807) is 11.1 Å². The van der Waals surface area contributed by atoms with Crippen molar-refractivity contribution in [2.75, 3.05) is 13.1 Å². The first-order valence-electron chi connectivity index (χ1n) is 10.6. The molecule has 9 heteroatoms. The molecular weight excluding hydrogens is 453 g/mol. The monoisotopic (exact) mass is 473 g/mol. The number of hydrogen-bond acceptors (Lipinski definition) is 3. The fraction of sp³-hybridized carbons (Fsp3) is 0.292. The Morgan fingerprint density at radius 3 is 2.61 bits per heavy atom. The largest absolute Gasteiger partial charge is 0.416 e. The molecule has 0 fully saturated rings. The summed E-state index contributed by atoms with van der Waals surface area (Å²) in [5.74, 6) is 0.395. The summed E-state index contributed by atoms with van der Waals surface area (Å²) in [6, 6.07) is 12.5. The lowest BCUT2D eigenvalue weighted by Crippen LogP contribution is -2.53. The van der Waals surface area contributed by atoms with E-state index in [0.29, 0.717) is 35.2 Å². The molecule has 0 N–H and O–H groups in total. The van der Waals surface area contributed by atoms with E-state index in [9.17, 15) is 18.0 Å². The molecule has 170 valence electrons. The van der Waals surface area contributed by atoms with Gasteiger partial charge in [0.2, 0.25) is 0 Å². The van der Waals surface area contributed by atoms with Crippen LogP contribution in [0.4, 0.5) is 13.2 Å². The highest BCUT2D eigenvalue weighted by molar-refractivity contribution is 6.30. The van der Waals surface area contributed by atoms with Crippen LogP contribution in [0.25, 0.3) is 0 Å². The predicted octanol–water partition coefficient (Wildman–Crippen LogP) is 4.31. The molecular formula is C24H21ClF3N4O+. The van der Waals surface area contributed by atoms with Gasteiger partial charge < -0.3 is 4.90 Å². The summed E-state index contributed by atoms with van der Waals surface area (Å²) < 4.78 is 40.8. The molecule has 0 saturated carbocycles. The van der Waals surface area contributed by atoms with Crippen LogP contribution in [0.3, 0.4) is 0 Å². The van der Waals surface area contributed by atoms with Crippen LogP contribution >= 0.6 is 11.6 Å². The van der Waals surface area contributed by atoms with E-state index in [1.807, 2.05) is 30.5 Å². The summed E-state index contributed by atoms with van der Waals surface area (Å²) in [4.78, 5) is 21.6. The second-order valence-corrected chi connectivity index (χ2v) is 8.78. The second kappa shape index (κ2) is 8.33. The maximum Gasteiger partial charge on any atom is 0.416 e. The summed E-state index contributed by atoms with van der Waals surface area (Å²) in [5.41, 5.74) is 1.62. The summed E-state index contributed by atoms with van der Waals surface area (Å²) in [6.07, 6.45) is 0.0579. The van der Waals surface area contributed by atoms with Crippen molar-refractivity contribution in [2.45, 2.75) is 31.7 Å². The molecule has 0 radical (unpaired) electrons. The number of hydrogen-bond donors (Lipinski definition) is 0. The van der Waals surface area contributed by atoms with Gasteiger partial charge in [0.15, 0.2) is 0 Å². The fourth-order valence-corrected chi connectivity index (χ4v) is 4.75. The zero-order valence-corrected chi connectivity index (χ0v) is 18.4. The van der Waals surface area contributed by atoms with Gasteiger partial charge in [-0.3, -0.25) is 4.79 Å². The minimum Gasteiger partial charge on any atom is -0.372 e. The van der Waals surface area contributed by atoms with Crippen molar-refractivity contribution < 1.29 is 22.5 Å². The molecule has 5 rings (SSSR count). The number of nitrogens with zero attached hydrogens (tertiary/aromatic N) is 4. The number of guanidine groups is 1. The highest BCUT2D eigenvalue weighted by Crippen LogP contribution is 2.31. The molecule has 0 saturated heterocycles. The maximum absolute atomic E-state index is 13.5. The van der Waals surface area contributed by atoms with E-state index in [0.717, 1.165) is 30.7 Å². The van der Waals surface area contributed by atoms with Crippen LogP contribution in [0.1, 0.15) is 23.1 Å². The molecule has 33 heavy (non-hydrogen) atoms. The Morgan fingerprint density at radius 1 is 1.09 bits per heavy atom. The van der Waals surface area contributed by atoms with Gasteiger partial charge in [-0.2, -0.15) is 18.1 Å². The molecule has 5 nitrogen and oxygen atoms in total. The molecule has 2 aromatic rings. The van der Waals surface area contributed by atoms with Gasteiger partial charge >= 0.3 is 18.0 Å². The van der Waals surface area contributed by atoms with Gasteiger partial charge in [-0.15, -0.1) is 0 Å². The quantitative estimate of drug-likeness (QED) is 0.621. The topological polar surface area (TPSA) is 38.9 Å². The summed E-state index contributed by atoms with van der Waals surface area (Å²) in [7, 11) is 0. The van der Waals surface area contributed by atoms with E-state index in [2.05, 4.69) is 14.5 Å². The SMILES string of the molecule is O=C1C2=CN(Cc3cccc(Cl)c3)CCC2[N+]2=C(N=CC2)N1Cc1ccc(C(F)(F)F)cc1. The predicted molar refractivity (Wildman–Crippen MR) is 119 cm³/mol. The number of alkyl halides is 3. The normalized spacial score (nSPS) is 20.2. The fourth-order valence-electron chi connectivity index (χ4n) is 4.54. The molecule has 1 atom stereocenters. The number of fused-ring (bicyclic) bond motifs is 2. The average Bonchev–Trinajstić information content (AvgIpc) is 3.26. The Kier molecular flexibility index (Phi) is 5.48. The van der Waals surface area contributed by atoms with Crippen LogP contribution in [-0.2, 0) is 24.1 Å². The zero-order chi connectivity index (χ0) is 23.2. The Morgan fingerprint density at radius 2 is 1.88 bits per heavy atom. The van der Waals surface area contributed by atoms with E-state index >= 15 is 0 Å². The first kappa shape index (κ1) is 21.7. The molecule has 3 aliphatic rings. The van der Waals surface area contributed by atoms with Gasteiger partial charge in [-0.05, 0) is 35.4 Å². The highest BCUT2D eigenvalue weighted by Gasteiger charge is 2.46. The van der Waals surface area contributed by atoms with E-state index < -0.39 is 11.7 Å². The molecule has 2 aromatic carbocycles. The van der Waals surface area contributed by atoms with Crippen LogP contribution < -0.4 is 0 Å². The third kappa shape index (κ3) is 4.27. The smallest absolute Gasteiger partial charge is 0.372 e. The molecule has 3 aliphatic heterocycles. The number of carbonyl (C=O) groups excluding carboxylic acids is 1. The van der Waals surface area contributed by atoms with Crippen LogP contribution in [0.2, 0.25) is 5.02 Å². The van der Waals surface area contributed by atoms with Gasteiger partial charge in [-0.1, -0.05) is 40.9 Å². The summed E-state index contributed by atoms with van der Waals surface area (Å²) in [6.45, 7) is 2.17. The molecule has 3 heterocycles. The Bertz CT molecular complexity index is 1190. The van der Waals surface area contributed by atoms with Gasteiger partial charge in [0.25, 0.3) is 0 Å². The standard InChI is InChI=1S/C24H21ClF3N4O/c25-19-3-1-2-17(12-19)13-30-10-8-21-20(15-30)22(33)32(23-29-9-11-31(21)23)14-16-4-6-18(7-5-16)24(26,27)28/h1-7,9,12,15,21H,8,10-11,13-14H2/q+1. The maximum atomic E-state index is 13.5. The highest BCUT2D eigenvalue weighted by atomic mass is 35.5. The van der Waals surface area contributed by atoms with Crippen molar-refractivity contribution in [3.63, 3.8) is 0 Å². The first-order chi connectivity index (χ1) is 15.8.